The molecule has 1 aliphatic rings. The molecular weight excluding hydrogens is 318 g/mol. The van der Waals surface area contributed by atoms with Crippen LogP contribution in [-0.4, -0.2) is 31.5 Å². The van der Waals surface area contributed by atoms with E-state index < -0.39 is 0 Å². The molecule has 130 valence electrons. The Morgan fingerprint density at radius 2 is 2.24 bits per heavy atom. The van der Waals surface area contributed by atoms with Gasteiger partial charge >= 0.3 is 5.69 Å². The number of H-pyrrole nitrogens is 2. The molecule has 4 rings (SSSR count). The van der Waals surface area contributed by atoms with Crippen LogP contribution in [0, 0.1) is 6.92 Å². The summed E-state index contributed by atoms with van der Waals surface area (Å²) >= 11 is 0. The molecule has 2 aromatic heterocycles. The third kappa shape index (κ3) is 2.75. The van der Waals surface area contributed by atoms with E-state index in [1.54, 1.807) is 22.8 Å². The standard InChI is InChI=1S/C18H21N5O2/c1-3-23-16-8-11(4-6-14(16)22-18(23)25)17(24)21-12-5-7-13-15(9-12)20-10(2)19-13/h4,6,8,12H,3,5,7,9H2,1-2H3,(H,19,20)(H,21,24)(H,22,25). The van der Waals surface area contributed by atoms with Crippen molar-refractivity contribution in [3.63, 3.8) is 0 Å². The van der Waals surface area contributed by atoms with E-state index in [0.717, 1.165) is 47.5 Å². The van der Waals surface area contributed by atoms with E-state index in [4.69, 9.17) is 0 Å². The smallest absolute Gasteiger partial charge is 0.326 e. The zero-order chi connectivity index (χ0) is 17.6. The van der Waals surface area contributed by atoms with Gasteiger partial charge in [-0.25, -0.2) is 9.78 Å². The van der Waals surface area contributed by atoms with Gasteiger partial charge in [-0.15, -0.1) is 0 Å². The fourth-order valence-electron chi connectivity index (χ4n) is 3.62. The average molecular weight is 339 g/mol. The first-order valence-corrected chi connectivity index (χ1v) is 8.63. The number of benzene rings is 1. The van der Waals surface area contributed by atoms with Crippen LogP contribution in [0.5, 0.6) is 0 Å². The SMILES string of the molecule is CCn1c(=O)[nH]c2ccc(C(=O)NC3CCc4nc(C)[nH]c4C3)cc21. The Bertz CT molecular complexity index is 1010. The Morgan fingerprint density at radius 1 is 1.40 bits per heavy atom. The molecule has 1 amide bonds. The summed E-state index contributed by atoms with van der Waals surface area (Å²) in [7, 11) is 0. The topological polar surface area (TPSA) is 95.6 Å². The second-order valence-electron chi connectivity index (χ2n) is 6.57. The molecule has 0 fully saturated rings. The number of rotatable bonds is 3. The summed E-state index contributed by atoms with van der Waals surface area (Å²) in [6.07, 6.45) is 2.53. The van der Waals surface area contributed by atoms with Gasteiger partial charge in [0, 0.05) is 30.3 Å². The number of fused-ring (bicyclic) bond motifs is 2. The molecule has 1 unspecified atom stereocenters. The van der Waals surface area contributed by atoms with Crippen LogP contribution >= 0.6 is 0 Å². The first-order chi connectivity index (χ1) is 12.0. The number of hydrogen-bond acceptors (Lipinski definition) is 3. The summed E-state index contributed by atoms with van der Waals surface area (Å²) in [4.78, 5) is 35.1. The molecule has 1 aliphatic carbocycles. The molecule has 0 spiro atoms. The van der Waals surface area contributed by atoms with Crippen LogP contribution in [0.4, 0.5) is 0 Å². The minimum Gasteiger partial charge on any atom is -0.349 e. The van der Waals surface area contributed by atoms with Crippen molar-refractivity contribution in [2.45, 2.75) is 45.7 Å². The maximum absolute atomic E-state index is 12.6. The summed E-state index contributed by atoms with van der Waals surface area (Å²) < 4.78 is 1.63. The first-order valence-electron chi connectivity index (χ1n) is 8.63. The minimum atomic E-state index is -0.149. The highest BCUT2D eigenvalue weighted by molar-refractivity contribution is 5.97. The van der Waals surface area contributed by atoms with E-state index in [1.165, 1.54) is 0 Å². The Kier molecular flexibility index (Phi) is 3.71. The van der Waals surface area contributed by atoms with Crippen LogP contribution in [0.2, 0.25) is 0 Å². The number of carbonyl (C=O) groups is 1. The number of amides is 1. The van der Waals surface area contributed by atoms with Crippen molar-refractivity contribution >= 4 is 16.9 Å². The van der Waals surface area contributed by atoms with Crippen LogP contribution < -0.4 is 11.0 Å². The van der Waals surface area contributed by atoms with E-state index in [-0.39, 0.29) is 17.6 Å². The van der Waals surface area contributed by atoms with Gasteiger partial charge in [0.25, 0.3) is 5.91 Å². The van der Waals surface area contributed by atoms with Gasteiger partial charge in [-0.05, 0) is 44.9 Å². The summed E-state index contributed by atoms with van der Waals surface area (Å²) in [6.45, 7) is 4.42. The molecule has 0 aliphatic heterocycles. The van der Waals surface area contributed by atoms with Gasteiger partial charge < -0.3 is 15.3 Å². The Labute approximate surface area is 144 Å². The Balaban J connectivity index is 1.55. The molecule has 0 bridgehead atoms. The molecule has 1 aromatic carbocycles. The van der Waals surface area contributed by atoms with Crippen molar-refractivity contribution in [1.82, 2.24) is 24.8 Å². The van der Waals surface area contributed by atoms with Crippen LogP contribution in [0.25, 0.3) is 11.0 Å². The maximum atomic E-state index is 12.6. The lowest BCUT2D eigenvalue weighted by molar-refractivity contribution is 0.0933. The highest BCUT2D eigenvalue weighted by atomic mass is 16.2. The minimum absolute atomic E-state index is 0.0927. The lowest BCUT2D eigenvalue weighted by Gasteiger charge is -2.22. The van der Waals surface area contributed by atoms with Gasteiger partial charge in [-0.3, -0.25) is 9.36 Å². The monoisotopic (exact) mass is 339 g/mol. The quantitative estimate of drug-likeness (QED) is 0.677. The first kappa shape index (κ1) is 15.7. The molecule has 0 saturated heterocycles. The molecule has 0 radical (unpaired) electrons. The second kappa shape index (κ2) is 5.91. The summed E-state index contributed by atoms with van der Waals surface area (Å²) in [5, 5.41) is 3.11. The lowest BCUT2D eigenvalue weighted by atomic mass is 9.96. The second-order valence-corrected chi connectivity index (χ2v) is 6.57. The van der Waals surface area contributed by atoms with Crippen LogP contribution in [0.1, 0.15) is 40.9 Å². The van der Waals surface area contributed by atoms with Crippen molar-refractivity contribution in [3.8, 4) is 0 Å². The molecule has 0 saturated carbocycles. The number of carbonyl (C=O) groups excluding carboxylic acids is 1. The van der Waals surface area contributed by atoms with Gasteiger partial charge in [-0.1, -0.05) is 0 Å². The van der Waals surface area contributed by atoms with E-state index in [2.05, 4.69) is 20.3 Å². The highest BCUT2D eigenvalue weighted by Crippen LogP contribution is 2.20. The van der Waals surface area contributed by atoms with Crippen molar-refractivity contribution in [3.05, 3.63) is 51.5 Å². The fourth-order valence-corrected chi connectivity index (χ4v) is 3.62. The van der Waals surface area contributed by atoms with Crippen LogP contribution in [0.15, 0.2) is 23.0 Å². The van der Waals surface area contributed by atoms with Crippen molar-refractivity contribution in [2.24, 2.45) is 0 Å². The lowest BCUT2D eigenvalue weighted by Crippen LogP contribution is -2.38. The summed E-state index contributed by atoms with van der Waals surface area (Å²) in [5.74, 6) is 0.815. The van der Waals surface area contributed by atoms with Crippen LogP contribution in [-0.2, 0) is 19.4 Å². The molecule has 7 nitrogen and oxygen atoms in total. The third-order valence-corrected chi connectivity index (χ3v) is 4.85. The molecule has 3 aromatic rings. The van der Waals surface area contributed by atoms with Gasteiger partial charge in [-0.2, -0.15) is 0 Å². The van der Waals surface area contributed by atoms with Crippen LogP contribution in [0.3, 0.4) is 0 Å². The van der Waals surface area contributed by atoms with Gasteiger partial charge in [0.15, 0.2) is 0 Å². The average Bonchev–Trinajstić information content (AvgIpc) is 3.11. The van der Waals surface area contributed by atoms with E-state index in [1.807, 2.05) is 13.8 Å². The maximum Gasteiger partial charge on any atom is 0.326 e. The zero-order valence-corrected chi connectivity index (χ0v) is 14.3. The Hall–Kier alpha value is -2.83. The van der Waals surface area contributed by atoms with Crippen molar-refractivity contribution in [2.75, 3.05) is 0 Å². The van der Waals surface area contributed by atoms with Crippen molar-refractivity contribution in [1.29, 1.82) is 0 Å². The van der Waals surface area contributed by atoms with Gasteiger partial charge in [0.2, 0.25) is 0 Å². The third-order valence-electron chi connectivity index (χ3n) is 4.85. The molecule has 7 heteroatoms. The highest BCUT2D eigenvalue weighted by Gasteiger charge is 2.23. The number of nitrogens with zero attached hydrogens (tertiary/aromatic N) is 2. The largest absolute Gasteiger partial charge is 0.349 e. The van der Waals surface area contributed by atoms with Gasteiger partial charge in [0.1, 0.15) is 5.82 Å². The van der Waals surface area contributed by atoms with E-state index >= 15 is 0 Å². The fraction of sp³-hybridized carbons (Fsp3) is 0.389. The molecule has 1 atom stereocenters. The molecule has 3 N–H and O–H groups in total. The summed E-state index contributed by atoms with van der Waals surface area (Å²) in [5.41, 5.74) is 4.16. The normalized spacial score (nSPS) is 16.8. The predicted octanol–water partition coefficient (Wildman–Crippen LogP) is 1.67. The summed E-state index contributed by atoms with van der Waals surface area (Å²) in [6, 6.07) is 5.41. The van der Waals surface area contributed by atoms with Crippen molar-refractivity contribution < 1.29 is 4.79 Å². The van der Waals surface area contributed by atoms with E-state index in [9.17, 15) is 9.59 Å². The zero-order valence-electron chi connectivity index (χ0n) is 14.3. The number of aromatic nitrogens is 4. The number of aromatic amines is 2. The Morgan fingerprint density at radius 3 is 3.04 bits per heavy atom. The molecule has 25 heavy (non-hydrogen) atoms. The number of nitrogens with one attached hydrogen (secondary N) is 3. The predicted molar refractivity (Wildman–Crippen MR) is 94.8 cm³/mol. The number of hydrogen-bond donors (Lipinski definition) is 3. The van der Waals surface area contributed by atoms with Gasteiger partial charge in [0.05, 0.1) is 16.7 Å². The molecule has 2 heterocycles. The van der Waals surface area contributed by atoms with E-state index in [0.29, 0.717) is 12.1 Å². The number of aryl methyl sites for hydroxylation is 3. The molecular formula is C18H21N5O2. The number of imidazole rings is 2.